The van der Waals surface area contributed by atoms with Gasteiger partial charge in [0.05, 0.1) is 36.8 Å². The van der Waals surface area contributed by atoms with Gasteiger partial charge in [-0.25, -0.2) is 4.98 Å². The summed E-state index contributed by atoms with van der Waals surface area (Å²) in [6.07, 6.45) is 6.51. The Morgan fingerprint density at radius 2 is 1.86 bits per heavy atom. The first-order valence-corrected chi connectivity index (χ1v) is 10.9. The van der Waals surface area contributed by atoms with Gasteiger partial charge in [0.25, 0.3) is 5.91 Å². The van der Waals surface area contributed by atoms with E-state index in [0.29, 0.717) is 28.5 Å². The Balaban J connectivity index is 1.49. The third-order valence-corrected chi connectivity index (χ3v) is 5.35. The quantitative estimate of drug-likeness (QED) is 0.319. The minimum absolute atomic E-state index is 0.117. The second-order valence-electron chi connectivity index (χ2n) is 7.96. The highest BCUT2D eigenvalue weighted by Crippen LogP contribution is 2.32. The highest BCUT2D eigenvalue weighted by atomic mass is 16.5. The average Bonchev–Trinajstić information content (AvgIpc) is 2.88. The number of ether oxygens (including phenoxy) is 1. The molecule has 2 heterocycles. The van der Waals surface area contributed by atoms with Gasteiger partial charge in [0.1, 0.15) is 17.3 Å². The summed E-state index contributed by atoms with van der Waals surface area (Å²) >= 11 is 0. The van der Waals surface area contributed by atoms with Crippen LogP contribution in [0.5, 0.6) is 5.75 Å². The summed E-state index contributed by atoms with van der Waals surface area (Å²) in [5.74, 6) is 0.724. The Labute approximate surface area is 202 Å². The third-order valence-electron chi connectivity index (χ3n) is 5.35. The second kappa shape index (κ2) is 10.5. The molecule has 0 aliphatic rings. The molecule has 0 spiro atoms. The Hall–Kier alpha value is -4.66. The summed E-state index contributed by atoms with van der Waals surface area (Å²) in [6.45, 7) is 3.89. The molecule has 0 bridgehead atoms. The lowest BCUT2D eigenvalue weighted by molar-refractivity contribution is 0.102. The van der Waals surface area contributed by atoms with Crippen molar-refractivity contribution in [2.45, 2.75) is 19.9 Å². The Kier molecular flexibility index (Phi) is 7.06. The average molecular weight is 469 g/mol. The number of rotatable bonds is 8. The molecule has 2 N–H and O–H groups in total. The molecule has 0 saturated carbocycles. The lowest BCUT2D eigenvalue weighted by Crippen LogP contribution is -2.13. The molecule has 176 valence electrons. The van der Waals surface area contributed by atoms with Crippen LogP contribution in [0.4, 0.5) is 17.2 Å². The van der Waals surface area contributed by atoms with Gasteiger partial charge in [-0.15, -0.1) is 4.91 Å². The van der Waals surface area contributed by atoms with E-state index in [4.69, 9.17) is 4.74 Å². The maximum absolute atomic E-state index is 12.6. The van der Waals surface area contributed by atoms with Crippen molar-refractivity contribution in [3.8, 4) is 17.0 Å². The summed E-state index contributed by atoms with van der Waals surface area (Å²) in [5, 5.41) is 9.22. The fourth-order valence-electron chi connectivity index (χ4n) is 3.56. The number of pyridine rings is 1. The van der Waals surface area contributed by atoms with Gasteiger partial charge in [-0.1, -0.05) is 18.2 Å². The molecule has 0 radical (unpaired) electrons. The van der Waals surface area contributed by atoms with Crippen molar-refractivity contribution in [2.24, 2.45) is 5.18 Å². The van der Waals surface area contributed by atoms with Crippen molar-refractivity contribution < 1.29 is 9.53 Å². The van der Waals surface area contributed by atoms with Gasteiger partial charge in [-0.3, -0.25) is 14.8 Å². The van der Waals surface area contributed by atoms with Gasteiger partial charge >= 0.3 is 0 Å². The standard InChI is InChI=1S/C26H24N6O3/c1-16-9-20(13-27-12-16)26(33)30-21-6-4-5-18(10-21)17(2)29-25-15-28-14-23(31-25)19-7-8-22(32-34)24(11-19)35-3/h4-15,17H,1-3H3,(H,29,31)(H,30,33). The monoisotopic (exact) mass is 468 g/mol. The van der Waals surface area contributed by atoms with Crippen LogP contribution in [0.1, 0.15) is 34.5 Å². The van der Waals surface area contributed by atoms with E-state index in [0.717, 1.165) is 16.7 Å². The highest BCUT2D eigenvalue weighted by molar-refractivity contribution is 6.04. The maximum atomic E-state index is 12.6. The van der Waals surface area contributed by atoms with Crippen LogP contribution in [-0.2, 0) is 0 Å². The zero-order valence-corrected chi connectivity index (χ0v) is 19.5. The third kappa shape index (κ3) is 5.64. The van der Waals surface area contributed by atoms with Crippen LogP contribution in [0.3, 0.4) is 0 Å². The number of nitrogens with one attached hydrogen (secondary N) is 2. The van der Waals surface area contributed by atoms with Crippen LogP contribution in [0.25, 0.3) is 11.3 Å². The molecule has 0 aliphatic heterocycles. The first-order valence-electron chi connectivity index (χ1n) is 10.9. The number of carbonyl (C=O) groups excluding carboxylic acids is 1. The number of amides is 1. The summed E-state index contributed by atoms with van der Waals surface area (Å²) in [7, 11) is 1.48. The van der Waals surface area contributed by atoms with Crippen LogP contribution in [-0.4, -0.2) is 28.0 Å². The molecule has 0 fully saturated rings. The van der Waals surface area contributed by atoms with E-state index in [-0.39, 0.29) is 17.6 Å². The smallest absolute Gasteiger partial charge is 0.257 e. The highest BCUT2D eigenvalue weighted by Gasteiger charge is 2.12. The number of benzene rings is 2. The maximum Gasteiger partial charge on any atom is 0.257 e. The predicted molar refractivity (Wildman–Crippen MR) is 135 cm³/mol. The summed E-state index contributed by atoms with van der Waals surface area (Å²) in [4.78, 5) is 36.5. The van der Waals surface area contributed by atoms with Gasteiger partial charge in [0, 0.05) is 23.6 Å². The molecule has 1 amide bonds. The number of nitroso groups, excluding NO2 is 1. The Morgan fingerprint density at radius 1 is 1.03 bits per heavy atom. The molecule has 9 nitrogen and oxygen atoms in total. The number of hydrogen-bond donors (Lipinski definition) is 2. The predicted octanol–water partition coefficient (Wildman–Crippen LogP) is 5.68. The fraction of sp³-hybridized carbons (Fsp3) is 0.154. The van der Waals surface area contributed by atoms with Gasteiger partial charge in [-0.2, -0.15) is 0 Å². The minimum Gasteiger partial charge on any atom is -0.494 e. The van der Waals surface area contributed by atoms with E-state index in [2.05, 4.69) is 30.8 Å². The van der Waals surface area contributed by atoms with E-state index in [9.17, 15) is 9.70 Å². The Bertz CT molecular complexity index is 1370. The first-order chi connectivity index (χ1) is 17.0. The fourth-order valence-corrected chi connectivity index (χ4v) is 3.56. The molecule has 9 heteroatoms. The topological polar surface area (TPSA) is 118 Å². The van der Waals surface area contributed by atoms with E-state index < -0.39 is 0 Å². The SMILES string of the molecule is COc1cc(-c2cncc(NC(C)c3cccc(NC(=O)c4cncc(C)c4)c3)n2)ccc1N=O. The number of nitrogens with zero attached hydrogens (tertiary/aromatic N) is 4. The molecular weight excluding hydrogens is 444 g/mol. The molecule has 1 unspecified atom stereocenters. The zero-order valence-electron chi connectivity index (χ0n) is 19.5. The van der Waals surface area contributed by atoms with Crippen LogP contribution >= 0.6 is 0 Å². The number of aromatic nitrogens is 3. The number of anilines is 2. The van der Waals surface area contributed by atoms with Crippen LogP contribution < -0.4 is 15.4 Å². The summed E-state index contributed by atoms with van der Waals surface area (Å²) < 4.78 is 5.23. The lowest BCUT2D eigenvalue weighted by Gasteiger charge is -2.16. The molecular formula is C26H24N6O3. The molecule has 0 aliphatic carbocycles. The number of carbonyl (C=O) groups is 1. The van der Waals surface area contributed by atoms with Crippen LogP contribution in [0.2, 0.25) is 0 Å². The largest absolute Gasteiger partial charge is 0.494 e. The van der Waals surface area contributed by atoms with Crippen molar-refractivity contribution in [1.29, 1.82) is 0 Å². The van der Waals surface area contributed by atoms with E-state index in [1.807, 2.05) is 38.1 Å². The van der Waals surface area contributed by atoms with Crippen LogP contribution in [0, 0.1) is 11.8 Å². The molecule has 1 atom stereocenters. The van der Waals surface area contributed by atoms with Gasteiger partial charge in [0.15, 0.2) is 0 Å². The van der Waals surface area contributed by atoms with Gasteiger partial charge in [0.2, 0.25) is 0 Å². The zero-order chi connectivity index (χ0) is 24.8. The lowest BCUT2D eigenvalue weighted by atomic mass is 10.1. The van der Waals surface area contributed by atoms with Gasteiger partial charge < -0.3 is 15.4 Å². The molecule has 4 rings (SSSR count). The van der Waals surface area contributed by atoms with Gasteiger partial charge in [-0.05, 0) is 60.5 Å². The first kappa shape index (κ1) is 23.5. The Morgan fingerprint density at radius 3 is 2.63 bits per heavy atom. The normalized spacial score (nSPS) is 11.4. The van der Waals surface area contributed by atoms with E-state index in [1.165, 1.54) is 7.11 Å². The second-order valence-corrected chi connectivity index (χ2v) is 7.96. The van der Waals surface area contributed by atoms with Crippen molar-refractivity contribution >= 4 is 23.1 Å². The molecule has 2 aromatic heterocycles. The molecule has 4 aromatic rings. The van der Waals surface area contributed by atoms with E-state index in [1.54, 1.807) is 49.1 Å². The number of hydrogen-bond acceptors (Lipinski definition) is 8. The van der Waals surface area contributed by atoms with Crippen molar-refractivity contribution in [3.63, 3.8) is 0 Å². The van der Waals surface area contributed by atoms with Crippen molar-refractivity contribution in [1.82, 2.24) is 15.0 Å². The van der Waals surface area contributed by atoms with Crippen molar-refractivity contribution in [3.05, 3.63) is 94.9 Å². The van der Waals surface area contributed by atoms with Crippen molar-refractivity contribution in [2.75, 3.05) is 17.7 Å². The summed E-state index contributed by atoms with van der Waals surface area (Å²) in [6, 6.07) is 14.3. The molecule has 2 aromatic carbocycles. The molecule has 35 heavy (non-hydrogen) atoms. The molecule has 0 saturated heterocycles. The van der Waals surface area contributed by atoms with Crippen LogP contribution in [0.15, 0.2) is 78.5 Å². The number of aryl methyl sites for hydroxylation is 1. The number of methoxy groups -OCH3 is 1. The minimum atomic E-state index is -0.219. The van der Waals surface area contributed by atoms with E-state index >= 15 is 0 Å². The summed E-state index contributed by atoms with van der Waals surface area (Å²) in [5.41, 5.74) is 4.64.